The zero-order chi connectivity index (χ0) is 27.1. The standard InChI is InChI=1S/C29H44BFO4Si/c1-19(2)36(20(3)4,21(5)6)15-14-24-26(31)13-12-22-16-23(33-18-32-11)17-25(27(22)24)30-34-28(7,8)29(9,10)35-30/h12,16-17,19-21,26H,13,18H2,1-11H3. The molecule has 4 nitrogen and oxygen atoms in total. The SMILES string of the molecule is COCOc1cc(B2OC(C)(C)C(C)(C)O2)c2c(c1)=CCC(F)C=2C#C[Si](C(C)C)(C(C)C)C(C)C. The van der Waals surface area contributed by atoms with Crippen LogP contribution < -0.4 is 20.6 Å². The van der Waals surface area contributed by atoms with Crippen LogP contribution in [-0.4, -0.2) is 46.5 Å². The van der Waals surface area contributed by atoms with Crippen molar-refractivity contribution in [3.05, 3.63) is 22.6 Å². The Morgan fingerprint density at radius 3 is 2.08 bits per heavy atom. The lowest BCUT2D eigenvalue weighted by molar-refractivity contribution is 0.00578. The van der Waals surface area contributed by atoms with E-state index >= 15 is 4.39 Å². The zero-order valence-corrected chi connectivity index (χ0v) is 25.0. The largest absolute Gasteiger partial charge is 0.495 e. The molecule has 0 N–H and O–H groups in total. The second-order valence-corrected chi connectivity index (χ2v) is 17.7. The number of rotatable bonds is 7. The lowest BCUT2D eigenvalue weighted by atomic mass is 9.75. The van der Waals surface area contributed by atoms with E-state index < -0.39 is 32.6 Å². The maximum absolute atomic E-state index is 15.7. The van der Waals surface area contributed by atoms with E-state index in [9.17, 15) is 0 Å². The highest BCUT2D eigenvalue weighted by Crippen LogP contribution is 2.41. The van der Waals surface area contributed by atoms with Crippen molar-refractivity contribution in [2.45, 2.75) is 110 Å². The molecular weight excluding hydrogens is 470 g/mol. The number of alkyl halides is 1. The molecule has 1 saturated heterocycles. The van der Waals surface area contributed by atoms with E-state index in [0.717, 1.165) is 15.9 Å². The predicted molar refractivity (Wildman–Crippen MR) is 150 cm³/mol. The van der Waals surface area contributed by atoms with Crippen LogP contribution in [0.3, 0.4) is 0 Å². The molecule has 36 heavy (non-hydrogen) atoms. The van der Waals surface area contributed by atoms with E-state index in [1.165, 1.54) is 0 Å². The van der Waals surface area contributed by atoms with E-state index in [4.69, 9.17) is 18.8 Å². The topological polar surface area (TPSA) is 36.9 Å². The minimum Gasteiger partial charge on any atom is -0.468 e. The highest BCUT2D eigenvalue weighted by atomic mass is 28.3. The summed E-state index contributed by atoms with van der Waals surface area (Å²) in [6.45, 7) is 21.8. The Hall–Kier alpha value is -1.59. The van der Waals surface area contributed by atoms with Gasteiger partial charge in [0.2, 0.25) is 0 Å². The molecule has 1 aromatic rings. The smallest absolute Gasteiger partial charge is 0.468 e. The Kier molecular flexibility index (Phi) is 8.57. The van der Waals surface area contributed by atoms with Crippen LogP contribution >= 0.6 is 0 Å². The third-order valence-corrected chi connectivity index (χ3v) is 14.7. The fraction of sp³-hybridized carbons (Fsp3) is 0.655. The van der Waals surface area contributed by atoms with Crippen LogP contribution in [-0.2, 0) is 14.0 Å². The van der Waals surface area contributed by atoms with Crippen molar-refractivity contribution in [2.24, 2.45) is 0 Å². The summed E-state index contributed by atoms with van der Waals surface area (Å²) in [6, 6.07) is 3.83. The van der Waals surface area contributed by atoms with Crippen LogP contribution in [0.1, 0.15) is 75.7 Å². The van der Waals surface area contributed by atoms with Gasteiger partial charge < -0.3 is 18.8 Å². The van der Waals surface area contributed by atoms with Gasteiger partial charge in [-0.3, -0.25) is 0 Å². The third kappa shape index (κ3) is 5.20. The normalized spacial score (nSPS) is 20.9. The average Bonchev–Trinajstić information content (AvgIpc) is 2.99. The van der Waals surface area contributed by atoms with Gasteiger partial charge in [0.05, 0.1) is 11.2 Å². The van der Waals surface area contributed by atoms with Crippen molar-refractivity contribution in [3.8, 4) is 17.2 Å². The summed E-state index contributed by atoms with van der Waals surface area (Å²) >= 11 is 0. The van der Waals surface area contributed by atoms with Crippen molar-refractivity contribution in [1.29, 1.82) is 0 Å². The molecule has 1 unspecified atom stereocenters. The lowest BCUT2D eigenvalue weighted by Crippen LogP contribution is -2.53. The minimum atomic E-state index is -2.05. The molecule has 0 saturated carbocycles. The summed E-state index contributed by atoms with van der Waals surface area (Å²) in [6.07, 6.45) is 1.04. The minimum absolute atomic E-state index is 0.120. The molecule has 1 aliphatic heterocycles. The van der Waals surface area contributed by atoms with Crippen molar-refractivity contribution < 1.29 is 23.2 Å². The number of hydrogen-bond donors (Lipinski definition) is 0. The summed E-state index contributed by atoms with van der Waals surface area (Å²) in [7, 11) is -1.12. The second kappa shape index (κ2) is 10.6. The Bertz CT molecular complexity index is 1110. The van der Waals surface area contributed by atoms with Gasteiger partial charge in [-0.05, 0) is 72.4 Å². The first-order chi connectivity index (χ1) is 16.7. The number of ether oxygens (including phenoxy) is 2. The second-order valence-electron chi connectivity index (χ2n) is 12.1. The Morgan fingerprint density at radius 2 is 1.58 bits per heavy atom. The average molecular weight is 515 g/mol. The van der Waals surface area contributed by atoms with Crippen molar-refractivity contribution in [2.75, 3.05) is 13.9 Å². The molecule has 1 atom stereocenters. The molecule has 2 aliphatic rings. The third-order valence-electron chi connectivity index (χ3n) is 8.43. The van der Waals surface area contributed by atoms with E-state index in [1.54, 1.807) is 7.11 Å². The van der Waals surface area contributed by atoms with Crippen LogP contribution in [0, 0.1) is 11.5 Å². The van der Waals surface area contributed by atoms with Gasteiger partial charge in [0, 0.05) is 19.1 Å². The molecule has 1 aromatic carbocycles. The highest BCUT2D eigenvalue weighted by molar-refractivity contribution is 6.90. The van der Waals surface area contributed by atoms with Crippen molar-refractivity contribution in [1.82, 2.24) is 0 Å². The Morgan fingerprint density at radius 1 is 1.03 bits per heavy atom. The zero-order valence-electron chi connectivity index (χ0n) is 24.0. The van der Waals surface area contributed by atoms with Crippen molar-refractivity contribution in [3.63, 3.8) is 0 Å². The van der Waals surface area contributed by atoms with E-state index in [2.05, 4.69) is 53.0 Å². The molecule has 7 heteroatoms. The molecule has 0 radical (unpaired) electrons. The van der Waals surface area contributed by atoms with E-state index in [1.807, 2.05) is 45.9 Å². The number of halogens is 1. The summed E-state index contributed by atoms with van der Waals surface area (Å²) in [5.74, 6) is 4.07. The van der Waals surface area contributed by atoms with Gasteiger partial charge in [-0.1, -0.05) is 53.5 Å². The van der Waals surface area contributed by atoms with Gasteiger partial charge in [0.15, 0.2) is 6.79 Å². The fourth-order valence-electron chi connectivity index (χ4n) is 5.75. The summed E-state index contributed by atoms with van der Waals surface area (Å²) in [5, 5.41) is 1.68. The Balaban J connectivity index is 2.33. The van der Waals surface area contributed by atoms with E-state index in [-0.39, 0.29) is 13.2 Å². The molecule has 0 aromatic heterocycles. The maximum Gasteiger partial charge on any atom is 0.495 e. The first kappa shape index (κ1) is 29.0. The van der Waals surface area contributed by atoms with Gasteiger partial charge in [-0.2, -0.15) is 0 Å². The van der Waals surface area contributed by atoms with Crippen LogP contribution in [0.5, 0.6) is 5.75 Å². The molecule has 1 aliphatic carbocycles. The summed E-state index contributed by atoms with van der Waals surface area (Å²) < 4.78 is 39.5. The first-order valence-electron chi connectivity index (χ1n) is 13.2. The Labute approximate surface area is 218 Å². The van der Waals surface area contributed by atoms with Crippen LogP contribution in [0.2, 0.25) is 16.6 Å². The molecular formula is C29H44BFO4Si. The molecule has 1 heterocycles. The van der Waals surface area contributed by atoms with Gasteiger partial charge in [0.25, 0.3) is 0 Å². The molecule has 1 fully saturated rings. The quantitative estimate of drug-likeness (QED) is 0.296. The van der Waals surface area contributed by atoms with Crippen LogP contribution in [0.25, 0.3) is 11.6 Å². The van der Waals surface area contributed by atoms with E-state index in [0.29, 0.717) is 27.9 Å². The first-order valence-corrected chi connectivity index (χ1v) is 15.4. The van der Waals surface area contributed by atoms with Crippen molar-refractivity contribution >= 4 is 32.3 Å². The highest BCUT2D eigenvalue weighted by Gasteiger charge is 2.52. The van der Waals surface area contributed by atoms with Crippen LogP contribution in [0.15, 0.2) is 12.1 Å². The van der Waals surface area contributed by atoms with Crippen LogP contribution in [0.4, 0.5) is 4.39 Å². The summed E-state index contributed by atoms with van der Waals surface area (Å²) in [4.78, 5) is 0. The van der Waals surface area contributed by atoms with Gasteiger partial charge >= 0.3 is 7.12 Å². The monoisotopic (exact) mass is 514 g/mol. The summed E-state index contributed by atoms with van der Waals surface area (Å²) in [5.41, 5.74) is 5.37. The van der Waals surface area contributed by atoms with Gasteiger partial charge in [-0.25, -0.2) is 4.39 Å². The number of fused-ring (bicyclic) bond motifs is 1. The number of benzene rings is 1. The molecule has 0 bridgehead atoms. The number of methoxy groups -OCH3 is 1. The fourth-order valence-corrected chi connectivity index (χ4v) is 11.0. The number of hydrogen-bond acceptors (Lipinski definition) is 4. The molecule has 0 amide bonds. The lowest BCUT2D eigenvalue weighted by Gasteiger charge is -2.38. The molecule has 0 spiro atoms. The molecule has 3 rings (SSSR count). The molecule has 198 valence electrons. The van der Waals surface area contributed by atoms with Gasteiger partial charge in [-0.15, -0.1) is 5.54 Å². The van der Waals surface area contributed by atoms with Gasteiger partial charge in [0.1, 0.15) is 20.0 Å². The maximum atomic E-state index is 15.7. The predicted octanol–water partition coefficient (Wildman–Crippen LogP) is 4.86.